The van der Waals surface area contributed by atoms with Gasteiger partial charge in [0.1, 0.15) is 5.52 Å². The van der Waals surface area contributed by atoms with E-state index in [1.54, 1.807) is 13.0 Å². The van der Waals surface area contributed by atoms with Crippen LogP contribution in [0.1, 0.15) is 19.4 Å². The molecule has 142 valence electrons. The average Bonchev–Trinajstić information content (AvgIpc) is 3.08. The van der Waals surface area contributed by atoms with E-state index in [2.05, 4.69) is 17.2 Å². The molecule has 0 saturated carbocycles. The van der Waals surface area contributed by atoms with Crippen molar-refractivity contribution in [3.63, 3.8) is 0 Å². The second kappa shape index (κ2) is 8.14. The minimum atomic E-state index is -3.30. The molecular formula is C19H20N2O4S2. The van der Waals surface area contributed by atoms with Crippen molar-refractivity contribution >= 4 is 44.3 Å². The number of aryl methyl sites for hydroxylation is 1. The number of carbonyl (C=O) groups excluding carboxylic acids is 1. The van der Waals surface area contributed by atoms with E-state index in [1.807, 2.05) is 24.3 Å². The van der Waals surface area contributed by atoms with Crippen LogP contribution in [0, 0.1) is 0 Å². The van der Waals surface area contributed by atoms with Gasteiger partial charge in [-0.25, -0.2) is 13.4 Å². The molecule has 2 aromatic carbocycles. The second-order valence-electron chi connectivity index (χ2n) is 5.90. The van der Waals surface area contributed by atoms with E-state index < -0.39 is 9.84 Å². The highest BCUT2D eigenvalue weighted by molar-refractivity contribution is 7.99. The number of thioether (sulfide) groups is 1. The zero-order valence-corrected chi connectivity index (χ0v) is 16.7. The van der Waals surface area contributed by atoms with E-state index in [1.165, 1.54) is 12.1 Å². The van der Waals surface area contributed by atoms with E-state index >= 15 is 0 Å². The molecule has 8 heteroatoms. The molecule has 1 aromatic heterocycles. The summed E-state index contributed by atoms with van der Waals surface area (Å²) < 4.78 is 29.5. The molecule has 1 N–H and O–H groups in total. The molecule has 0 radical (unpaired) electrons. The third-order valence-electron chi connectivity index (χ3n) is 4.02. The fourth-order valence-corrected chi connectivity index (χ4v) is 4.04. The first-order valence-corrected chi connectivity index (χ1v) is 11.2. The van der Waals surface area contributed by atoms with E-state index in [9.17, 15) is 13.2 Å². The number of rotatable bonds is 7. The minimum absolute atomic E-state index is 0.0252. The zero-order chi connectivity index (χ0) is 19.4. The van der Waals surface area contributed by atoms with Gasteiger partial charge in [-0.3, -0.25) is 4.79 Å². The highest BCUT2D eigenvalue weighted by Gasteiger charge is 2.15. The van der Waals surface area contributed by atoms with Crippen LogP contribution in [0.2, 0.25) is 0 Å². The molecule has 0 aliphatic heterocycles. The molecule has 0 bridgehead atoms. The smallest absolute Gasteiger partial charge is 0.257 e. The largest absolute Gasteiger partial charge is 0.431 e. The number of sulfone groups is 1. The molecule has 27 heavy (non-hydrogen) atoms. The molecule has 6 nitrogen and oxygen atoms in total. The highest BCUT2D eigenvalue weighted by Crippen LogP contribution is 2.26. The lowest BCUT2D eigenvalue weighted by Crippen LogP contribution is -2.14. The number of nitrogens with zero attached hydrogens (tertiary/aromatic N) is 1. The Morgan fingerprint density at radius 3 is 2.74 bits per heavy atom. The SMILES string of the molecule is CCc1cccc(NC(=O)CSc2nc3cc(S(=O)(=O)CC)ccc3o2)c1. The van der Waals surface area contributed by atoms with Crippen LogP contribution in [-0.2, 0) is 21.1 Å². The Bertz CT molecular complexity index is 1070. The molecule has 3 aromatic rings. The number of aromatic nitrogens is 1. The predicted octanol–water partition coefficient (Wildman–Crippen LogP) is 3.91. The van der Waals surface area contributed by atoms with Crippen LogP contribution in [0.3, 0.4) is 0 Å². The van der Waals surface area contributed by atoms with Crippen molar-refractivity contribution < 1.29 is 17.6 Å². The van der Waals surface area contributed by atoms with Crippen LogP contribution in [0.5, 0.6) is 0 Å². The van der Waals surface area contributed by atoms with Crippen molar-refractivity contribution in [2.75, 3.05) is 16.8 Å². The van der Waals surface area contributed by atoms with E-state index in [4.69, 9.17) is 4.42 Å². The highest BCUT2D eigenvalue weighted by atomic mass is 32.2. The van der Waals surface area contributed by atoms with Crippen LogP contribution < -0.4 is 5.32 Å². The summed E-state index contributed by atoms with van der Waals surface area (Å²) in [5.74, 6) is 0.00506. The molecule has 1 heterocycles. The van der Waals surface area contributed by atoms with Gasteiger partial charge in [0, 0.05) is 5.69 Å². The summed E-state index contributed by atoms with van der Waals surface area (Å²) in [5, 5.41) is 3.18. The summed E-state index contributed by atoms with van der Waals surface area (Å²) in [7, 11) is -3.30. The van der Waals surface area contributed by atoms with Gasteiger partial charge in [-0.2, -0.15) is 0 Å². The molecule has 3 rings (SSSR count). The number of hydrogen-bond acceptors (Lipinski definition) is 6. The van der Waals surface area contributed by atoms with Gasteiger partial charge in [0.05, 0.1) is 16.4 Å². The lowest BCUT2D eigenvalue weighted by Gasteiger charge is -2.05. The number of amides is 1. The summed E-state index contributed by atoms with van der Waals surface area (Å²) in [6, 6.07) is 12.3. The van der Waals surface area contributed by atoms with E-state index in [0.29, 0.717) is 16.3 Å². The summed E-state index contributed by atoms with van der Waals surface area (Å²) in [6.45, 7) is 3.65. The van der Waals surface area contributed by atoms with Gasteiger partial charge >= 0.3 is 0 Å². The van der Waals surface area contributed by atoms with Gasteiger partial charge < -0.3 is 9.73 Å². The maximum Gasteiger partial charge on any atom is 0.257 e. The number of fused-ring (bicyclic) bond motifs is 1. The maximum absolute atomic E-state index is 12.1. The van der Waals surface area contributed by atoms with E-state index in [-0.39, 0.29) is 22.3 Å². The topological polar surface area (TPSA) is 89.3 Å². The van der Waals surface area contributed by atoms with Crippen LogP contribution in [0.4, 0.5) is 5.69 Å². The molecule has 0 fully saturated rings. The molecule has 0 unspecified atom stereocenters. The van der Waals surface area contributed by atoms with Gasteiger partial charge in [-0.15, -0.1) is 0 Å². The van der Waals surface area contributed by atoms with Crippen molar-refractivity contribution in [2.24, 2.45) is 0 Å². The van der Waals surface area contributed by atoms with E-state index in [0.717, 1.165) is 29.4 Å². The summed E-state index contributed by atoms with van der Waals surface area (Å²) >= 11 is 1.16. The first-order chi connectivity index (χ1) is 12.9. The Morgan fingerprint density at radius 1 is 1.19 bits per heavy atom. The average molecular weight is 405 g/mol. The number of nitrogens with one attached hydrogen (secondary N) is 1. The Kier molecular flexibility index (Phi) is 5.86. The van der Waals surface area contributed by atoms with Crippen LogP contribution in [0.15, 0.2) is 57.0 Å². The van der Waals surface area contributed by atoms with Crippen molar-refractivity contribution in [3.05, 3.63) is 48.0 Å². The first-order valence-electron chi connectivity index (χ1n) is 8.56. The third kappa shape index (κ3) is 4.70. The Balaban J connectivity index is 1.67. The fraction of sp³-hybridized carbons (Fsp3) is 0.263. The van der Waals surface area contributed by atoms with Crippen LogP contribution >= 0.6 is 11.8 Å². The summed E-state index contributed by atoms with van der Waals surface area (Å²) in [5.41, 5.74) is 2.86. The van der Waals surface area contributed by atoms with Crippen molar-refractivity contribution in [3.8, 4) is 0 Å². The Morgan fingerprint density at radius 2 is 2.00 bits per heavy atom. The normalized spacial score (nSPS) is 11.6. The molecule has 0 aliphatic carbocycles. The maximum atomic E-state index is 12.1. The molecule has 0 aliphatic rings. The second-order valence-corrected chi connectivity index (χ2v) is 9.11. The molecule has 0 saturated heterocycles. The van der Waals surface area contributed by atoms with Crippen LogP contribution in [0.25, 0.3) is 11.1 Å². The van der Waals surface area contributed by atoms with Gasteiger partial charge in [-0.1, -0.05) is 37.7 Å². The fourth-order valence-electron chi connectivity index (χ4n) is 2.50. The minimum Gasteiger partial charge on any atom is -0.431 e. The number of benzene rings is 2. The van der Waals surface area contributed by atoms with Gasteiger partial charge in [0.2, 0.25) is 5.91 Å². The Labute approximate surface area is 162 Å². The van der Waals surface area contributed by atoms with Gasteiger partial charge in [0.25, 0.3) is 5.22 Å². The quantitative estimate of drug-likeness (QED) is 0.601. The standard InChI is InChI=1S/C19H20N2O4S2/c1-3-13-6-5-7-14(10-13)20-18(22)12-26-19-21-16-11-15(27(23,24)4-2)8-9-17(16)25-19/h5-11H,3-4,12H2,1-2H3,(H,20,22). The van der Waals surface area contributed by atoms with Gasteiger partial charge in [-0.05, 0) is 42.3 Å². The Hall–Kier alpha value is -2.32. The lowest BCUT2D eigenvalue weighted by atomic mass is 10.1. The van der Waals surface area contributed by atoms with Gasteiger partial charge in [0.15, 0.2) is 15.4 Å². The predicted molar refractivity (Wildman–Crippen MR) is 107 cm³/mol. The van der Waals surface area contributed by atoms with Crippen molar-refractivity contribution in [1.29, 1.82) is 0 Å². The molecule has 1 amide bonds. The van der Waals surface area contributed by atoms with Crippen molar-refractivity contribution in [2.45, 2.75) is 30.4 Å². The number of oxazole rings is 1. The molecular weight excluding hydrogens is 384 g/mol. The van der Waals surface area contributed by atoms with Crippen LogP contribution in [-0.4, -0.2) is 30.8 Å². The third-order valence-corrected chi connectivity index (χ3v) is 6.58. The summed E-state index contributed by atoms with van der Waals surface area (Å²) in [4.78, 5) is 16.6. The monoisotopic (exact) mass is 404 g/mol. The molecule has 0 spiro atoms. The van der Waals surface area contributed by atoms with Crippen molar-refractivity contribution in [1.82, 2.24) is 4.98 Å². The zero-order valence-electron chi connectivity index (χ0n) is 15.1. The summed E-state index contributed by atoms with van der Waals surface area (Å²) in [6.07, 6.45) is 0.900. The first kappa shape index (κ1) is 19.4. The lowest BCUT2D eigenvalue weighted by molar-refractivity contribution is -0.113. The number of carbonyl (C=O) groups is 1. The number of hydrogen-bond donors (Lipinski definition) is 1. The number of anilines is 1. The molecule has 0 atom stereocenters.